The van der Waals surface area contributed by atoms with E-state index in [1.54, 1.807) is 12.1 Å². The molecule has 0 aliphatic carbocycles. The Balaban J connectivity index is 1.97. The molecule has 0 saturated heterocycles. The first kappa shape index (κ1) is 21.9. The van der Waals surface area contributed by atoms with Crippen molar-refractivity contribution in [2.24, 2.45) is 0 Å². The molecule has 0 heterocycles. The fourth-order valence-corrected chi connectivity index (χ4v) is 2.83. The second-order valence-electron chi connectivity index (χ2n) is 6.78. The smallest absolute Gasteiger partial charge is 0.343 e. The standard InChI is InChI=1S/C23H28F2O3/c1-3-5-6-7-8-9-17-12-15-20(22(25)21(17)24)28-23(26)18-10-13-19(14-11-18)27-16-4-2/h10-15H,3-9,16H2,1-2H3. The molecule has 152 valence electrons. The number of rotatable bonds is 11. The molecule has 0 aliphatic heterocycles. The minimum atomic E-state index is -1.12. The third-order valence-electron chi connectivity index (χ3n) is 4.44. The molecule has 2 aromatic carbocycles. The van der Waals surface area contributed by atoms with E-state index in [0.29, 0.717) is 24.3 Å². The molecule has 0 spiro atoms. The summed E-state index contributed by atoms with van der Waals surface area (Å²) in [5.74, 6) is -2.57. The number of esters is 1. The van der Waals surface area contributed by atoms with Crippen LogP contribution >= 0.6 is 0 Å². The Labute approximate surface area is 165 Å². The second-order valence-corrected chi connectivity index (χ2v) is 6.78. The van der Waals surface area contributed by atoms with E-state index >= 15 is 0 Å². The average Bonchev–Trinajstić information content (AvgIpc) is 2.71. The van der Waals surface area contributed by atoms with E-state index in [4.69, 9.17) is 9.47 Å². The Morgan fingerprint density at radius 3 is 2.25 bits per heavy atom. The molecular weight excluding hydrogens is 362 g/mol. The van der Waals surface area contributed by atoms with E-state index in [2.05, 4.69) is 6.92 Å². The molecule has 3 nitrogen and oxygen atoms in total. The molecule has 0 atom stereocenters. The van der Waals surface area contributed by atoms with Gasteiger partial charge >= 0.3 is 5.97 Å². The van der Waals surface area contributed by atoms with Crippen LogP contribution in [0.4, 0.5) is 8.78 Å². The average molecular weight is 390 g/mol. The van der Waals surface area contributed by atoms with Gasteiger partial charge in [0.15, 0.2) is 11.6 Å². The summed E-state index contributed by atoms with van der Waals surface area (Å²) in [6, 6.07) is 9.16. The van der Waals surface area contributed by atoms with Crippen molar-refractivity contribution in [3.05, 3.63) is 59.2 Å². The zero-order valence-corrected chi connectivity index (χ0v) is 16.6. The van der Waals surface area contributed by atoms with Gasteiger partial charge in [0, 0.05) is 0 Å². The number of unbranched alkanes of at least 4 members (excludes halogenated alkanes) is 4. The van der Waals surface area contributed by atoms with Crippen molar-refractivity contribution >= 4 is 5.97 Å². The Bertz CT molecular complexity index is 757. The number of hydrogen-bond acceptors (Lipinski definition) is 3. The van der Waals surface area contributed by atoms with Crippen LogP contribution in [0.15, 0.2) is 36.4 Å². The minimum absolute atomic E-state index is 0.239. The molecule has 0 fully saturated rings. The lowest BCUT2D eigenvalue weighted by atomic mass is 10.0. The van der Waals surface area contributed by atoms with Gasteiger partial charge < -0.3 is 9.47 Å². The van der Waals surface area contributed by atoms with Crippen LogP contribution < -0.4 is 9.47 Å². The quantitative estimate of drug-likeness (QED) is 0.250. The normalized spacial score (nSPS) is 10.7. The fourth-order valence-electron chi connectivity index (χ4n) is 2.83. The van der Waals surface area contributed by atoms with Crippen LogP contribution in [0.5, 0.6) is 11.5 Å². The van der Waals surface area contributed by atoms with E-state index in [1.807, 2.05) is 6.92 Å². The highest BCUT2D eigenvalue weighted by atomic mass is 19.2. The van der Waals surface area contributed by atoms with Crippen molar-refractivity contribution in [1.29, 1.82) is 0 Å². The van der Waals surface area contributed by atoms with Crippen molar-refractivity contribution in [3.8, 4) is 11.5 Å². The number of ether oxygens (including phenoxy) is 2. The van der Waals surface area contributed by atoms with Crippen LogP contribution in [-0.4, -0.2) is 12.6 Å². The van der Waals surface area contributed by atoms with Gasteiger partial charge in [-0.25, -0.2) is 9.18 Å². The predicted molar refractivity (Wildman–Crippen MR) is 106 cm³/mol. The van der Waals surface area contributed by atoms with E-state index in [9.17, 15) is 13.6 Å². The number of carbonyl (C=O) groups is 1. The molecule has 0 amide bonds. The monoisotopic (exact) mass is 390 g/mol. The van der Waals surface area contributed by atoms with Gasteiger partial charge in [-0.15, -0.1) is 0 Å². The number of aryl methyl sites for hydroxylation is 1. The van der Waals surface area contributed by atoms with Gasteiger partial charge in [0.1, 0.15) is 5.75 Å². The fraction of sp³-hybridized carbons (Fsp3) is 0.435. The molecule has 0 radical (unpaired) electrons. The van der Waals surface area contributed by atoms with Gasteiger partial charge in [-0.2, -0.15) is 4.39 Å². The molecule has 5 heteroatoms. The molecule has 0 unspecified atom stereocenters. The van der Waals surface area contributed by atoms with Gasteiger partial charge in [0.25, 0.3) is 0 Å². The van der Waals surface area contributed by atoms with Crippen molar-refractivity contribution in [3.63, 3.8) is 0 Å². The third kappa shape index (κ3) is 6.32. The molecule has 0 N–H and O–H groups in total. The van der Waals surface area contributed by atoms with Crippen LogP contribution in [0.2, 0.25) is 0 Å². The van der Waals surface area contributed by atoms with Crippen LogP contribution in [0, 0.1) is 11.6 Å². The minimum Gasteiger partial charge on any atom is -0.494 e. The first-order valence-corrected chi connectivity index (χ1v) is 9.98. The number of benzene rings is 2. The predicted octanol–water partition coefficient (Wildman–Crippen LogP) is 6.49. The highest BCUT2D eigenvalue weighted by molar-refractivity contribution is 5.91. The molecule has 0 bridgehead atoms. The molecule has 0 saturated carbocycles. The summed E-state index contributed by atoms with van der Waals surface area (Å²) in [6.45, 7) is 4.71. The topological polar surface area (TPSA) is 35.5 Å². The van der Waals surface area contributed by atoms with Gasteiger partial charge in [-0.1, -0.05) is 45.6 Å². The molecule has 0 aliphatic rings. The Hall–Kier alpha value is -2.43. The van der Waals surface area contributed by atoms with Crippen molar-refractivity contribution in [2.45, 2.75) is 58.8 Å². The van der Waals surface area contributed by atoms with E-state index in [0.717, 1.165) is 38.5 Å². The third-order valence-corrected chi connectivity index (χ3v) is 4.44. The SMILES string of the molecule is CCCCCCCc1ccc(OC(=O)c2ccc(OCCC)cc2)c(F)c1F. The zero-order chi connectivity index (χ0) is 20.4. The highest BCUT2D eigenvalue weighted by Gasteiger charge is 2.18. The van der Waals surface area contributed by atoms with Gasteiger partial charge in [0.05, 0.1) is 12.2 Å². The second kappa shape index (κ2) is 11.4. The van der Waals surface area contributed by atoms with E-state index in [1.165, 1.54) is 24.3 Å². The van der Waals surface area contributed by atoms with Crippen molar-refractivity contribution in [2.75, 3.05) is 6.61 Å². The van der Waals surface area contributed by atoms with Crippen LogP contribution in [0.3, 0.4) is 0 Å². The van der Waals surface area contributed by atoms with Crippen LogP contribution in [0.25, 0.3) is 0 Å². The lowest BCUT2D eigenvalue weighted by molar-refractivity contribution is 0.0726. The maximum absolute atomic E-state index is 14.3. The number of carbonyl (C=O) groups excluding carboxylic acids is 1. The lowest BCUT2D eigenvalue weighted by Crippen LogP contribution is -2.10. The molecule has 2 rings (SSSR count). The summed E-state index contributed by atoms with van der Waals surface area (Å²) in [5, 5.41) is 0. The summed E-state index contributed by atoms with van der Waals surface area (Å²) in [4.78, 5) is 12.2. The van der Waals surface area contributed by atoms with E-state index in [-0.39, 0.29) is 5.56 Å². The maximum Gasteiger partial charge on any atom is 0.343 e. The van der Waals surface area contributed by atoms with Crippen molar-refractivity contribution < 1.29 is 23.0 Å². The Morgan fingerprint density at radius 1 is 0.857 bits per heavy atom. The lowest BCUT2D eigenvalue weighted by Gasteiger charge is -2.10. The van der Waals surface area contributed by atoms with Gasteiger partial charge in [-0.3, -0.25) is 0 Å². The first-order chi connectivity index (χ1) is 13.6. The number of hydrogen-bond donors (Lipinski definition) is 0. The summed E-state index contributed by atoms with van der Waals surface area (Å²) in [5.41, 5.74) is 0.551. The Kier molecular flexibility index (Phi) is 8.92. The van der Waals surface area contributed by atoms with Crippen LogP contribution in [-0.2, 0) is 6.42 Å². The van der Waals surface area contributed by atoms with Gasteiger partial charge in [-0.05, 0) is 55.2 Å². The largest absolute Gasteiger partial charge is 0.494 e. The molecule has 28 heavy (non-hydrogen) atoms. The molecule has 0 aromatic heterocycles. The number of halogens is 2. The van der Waals surface area contributed by atoms with Crippen molar-refractivity contribution in [1.82, 2.24) is 0 Å². The summed E-state index contributed by atoms with van der Waals surface area (Å²) >= 11 is 0. The van der Waals surface area contributed by atoms with E-state index < -0.39 is 23.4 Å². The van der Waals surface area contributed by atoms with Crippen LogP contribution in [0.1, 0.15) is 68.3 Å². The molecular formula is C23H28F2O3. The summed E-state index contributed by atoms with van der Waals surface area (Å²) in [6.07, 6.45) is 6.53. The maximum atomic E-state index is 14.3. The zero-order valence-electron chi connectivity index (χ0n) is 16.6. The van der Waals surface area contributed by atoms with Gasteiger partial charge in [0.2, 0.25) is 5.82 Å². The molecule has 2 aromatic rings. The summed E-state index contributed by atoms with van der Waals surface area (Å²) < 4.78 is 39.1. The first-order valence-electron chi connectivity index (χ1n) is 9.98. The summed E-state index contributed by atoms with van der Waals surface area (Å²) in [7, 11) is 0. The Morgan fingerprint density at radius 2 is 1.57 bits per heavy atom. The highest BCUT2D eigenvalue weighted by Crippen LogP contribution is 2.25.